The van der Waals surface area contributed by atoms with Crippen molar-refractivity contribution in [2.75, 3.05) is 33.7 Å². The number of fused-ring (bicyclic) bond motifs is 1. The first-order chi connectivity index (χ1) is 8.72. The molecule has 98 valence electrons. The van der Waals surface area contributed by atoms with Crippen molar-refractivity contribution in [3.05, 3.63) is 34.9 Å². The molecule has 1 N–H and O–H groups in total. The van der Waals surface area contributed by atoms with Crippen LogP contribution in [-0.2, 0) is 6.54 Å². The van der Waals surface area contributed by atoms with Crippen molar-refractivity contribution >= 4 is 5.65 Å². The second-order valence-electron chi connectivity index (χ2n) is 4.34. The zero-order chi connectivity index (χ0) is 13.0. The fourth-order valence-corrected chi connectivity index (χ4v) is 1.79. The van der Waals surface area contributed by atoms with Crippen LogP contribution in [-0.4, -0.2) is 52.8 Å². The van der Waals surface area contributed by atoms with E-state index in [4.69, 9.17) is 0 Å². The molecule has 0 bridgehead atoms. The SMILES string of the molecule is CNCCN(C)CCn1nc2ccccn2c1=O. The van der Waals surface area contributed by atoms with Gasteiger partial charge in [0.25, 0.3) is 0 Å². The van der Waals surface area contributed by atoms with Gasteiger partial charge < -0.3 is 10.2 Å². The summed E-state index contributed by atoms with van der Waals surface area (Å²) in [4.78, 5) is 14.2. The number of likely N-dealkylation sites (N-methyl/N-ethyl adjacent to an activating group) is 2. The fraction of sp³-hybridized carbons (Fsp3) is 0.500. The lowest BCUT2D eigenvalue weighted by molar-refractivity contribution is 0.311. The summed E-state index contributed by atoms with van der Waals surface area (Å²) in [5, 5.41) is 7.39. The Morgan fingerprint density at radius 1 is 1.39 bits per heavy atom. The van der Waals surface area contributed by atoms with Crippen LogP contribution in [0.2, 0.25) is 0 Å². The number of aromatic nitrogens is 3. The minimum atomic E-state index is -0.0763. The summed E-state index contributed by atoms with van der Waals surface area (Å²) >= 11 is 0. The van der Waals surface area contributed by atoms with Crippen molar-refractivity contribution in [1.29, 1.82) is 0 Å². The molecule has 6 nitrogen and oxygen atoms in total. The molecule has 18 heavy (non-hydrogen) atoms. The quantitative estimate of drug-likeness (QED) is 0.760. The van der Waals surface area contributed by atoms with Gasteiger partial charge in [0.2, 0.25) is 0 Å². The summed E-state index contributed by atoms with van der Waals surface area (Å²) in [6, 6.07) is 5.55. The van der Waals surface area contributed by atoms with Gasteiger partial charge in [0, 0.05) is 25.8 Å². The highest BCUT2D eigenvalue weighted by Gasteiger charge is 2.06. The van der Waals surface area contributed by atoms with E-state index >= 15 is 0 Å². The Morgan fingerprint density at radius 3 is 2.94 bits per heavy atom. The Labute approximate surface area is 106 Å². The van der Waals surface area contributed by atoms with E-state index in [1.54, 1.807) is 10.6 Å². The van der Waals surface area contributed by atoms with Crippen LogP contribution in [0.15, 0.2) is 29.2 Å². The van der Waals surface area contributed by atoms with Crippen molar-refractivity contribution in [3.63, 3.8) is 0 Å². The first-order valence-corrected chi connectivity index (χ1v) is 6.09. The summed E-state index contributed by atoms with van der Waals surface area (Å²) < 4.78 is 3.08. The molecule has 2 heterocycles. The molecule has 0 aliphatic heterocycles. The molecule has 0 spiro atoms. The topological polar surface area (TPSA) is 54.6 Å². The van der Waals surface area contributed by atoms with Crippen molar-refractivity contribution < 1.29 is 0 Å². The summed E-state index contributed by atoms with van der Waals surface area (Å²) in [5.41, 5.74) is 0.619. The Hall–Kier alpha value is -1.66. The molecule has 2 rings (SSSR count). The van der Waals surface area contributed by atoms with Gasteiger partial charge in [-0.3, -0.25) is 4.40 Å². The number of pyridine rings is 1. The number of hydrogen-bond donors (Lipinski definition) is 1. The van der Waals surface area contributed by atoms with Crippen molar-refractivity contribution in [1.82, 2.24) is 24.4 Å². The molecule has 0 unspecified atom stereocenters. The molecule has 2 aromatic rings. The van der Waals surface area contributed by atoms with Gasteiger partial charge in [-0.15, -0.1) is 5.10 Å². The molecule has 6 heteroatoms. The predicted octanol–water partition coefficient (Wildman–Crippen LogP) is -0.353. The van der Waals surface area contributed by atoms with Gasteiger partial charge in [0.05, 0.1) is 6.54 Å². The lowest BCUT2D eigenvalue weighted by Gasteiger charge is -2.15. The van der Waals surface area contributed by atoms with E-state index in [1.807, 2.05) is 32.3 Å². The molecule has 0 fully saturated rings. The van der Waals surface area contributed by atoms with E-state index in [9.17, 15) is 4.79 Å². The Bertz CT molecular complexity index is 559. The van der Waals surface area contributed by atoms with Gasteiger partial charge in [0.1, 0.15) is 0 Å². The zero-order valence-electron chi connectivity index (χ0n) is 10.8. The normalized spacial score (nSPS) is 11.5. The van der Waals surface area contributed by atoms with Crippen molar-refractivity contribution in [3.8, 4) is 0 Å². The van der Waals surface area contributed by atoms with Crippen LogP contribution in [0.4, 0.5) is 0 Å². The lowest BCUT2D eigenvalue weighted by atomic mass is 10.5. The maximum absolute atomic E-state index is 12.0. The summed E-state index contributed by atoms with van der Waals surface area (Å²) in [5.74, 6) is 0. The maximum atomic E-state index is 12.0. The van der Waals surface area contributed by atoms with Gasteiger partial charge in [-0.1, -0.05) is 6.07 Å². The third kappa shape index (κ3) is 2.77. The Morgan fingerprint density at radius 2 is 2.22 bits per heavy atom. The first-order valence-electron chi connectivity index (χ1n) is 6.09. The Balaban J connectivity index is 2.04. The predicted molar refractivity (Wildman–Crippen MR) is 70.9 cm³/mol. The first kappa shape index (κ1) is 12.8. The molecule has 0 aromatic carbocycles. The molecule has 0 saturated heterocycles. The number of hydrogen-bond acceptors (Lipinski definition) is 4. The van der Waals surface area contributed by atoms with E-state index < -0.39 is 0 Å². The average molecular weight is 249 g/mol. The van der Waals surface area contributed by atoms with Crippen LogP contribution in [0.1, 0.15) is 0 Å². The second kappa shape index (κ2) is 5.79. The number of nitrogens with zero attached hydrogens (tertiary/aromatic N) is 4. The number of nitrogens with one attached hydrogen (secondary N) is 1. The molecule has 0 atom stereocenters. The molecular formula is C12H19N5O. The van der Waals surface area contributed by atoms with Gasteiger partial charge in [-0.2, -0.15) is 0 Å². The molecule has 0 radical (unpaired) electrons. The van der Waals surface area contributed by atoms with Gasteiger partial charge in [0.15, 0.2) is 5.65 Å². The highest BCUT2D eigenvalue weighted by molar-refractivity contribution is 5.35. The lowest BCUT2D eigenvalue weighted by Crippen LogP contribution is -2.32. The standard InChI is InChI=1S/C12H19N5O/c1-13-6-8-15(2)9-10-17-12(18)16-7-4-3-5-11(16)14-17/h3-5,7,13H,6,8-10H2,1-2H3. The fourth-order valence-electron chi connectivity index (χ4n) is 1.79. The molecule has 0 amide bonds. The largest absolute Gasteiger partial charge is 0.350 e. The summed E-state index contributed by atoms with van der Waals surface area (Å²) in [6.07, 6.45) is 1.74. The highest BCUT2D eigenvalue weighted by Crippen LogP contribution is 1.95. The second-order valence-corrected chi connectivity index (χ2v) is 4.34. The van der Waals surface area contributed by atoms with E-state index in [0.717, 1.165) is 19.6 Å². The average Bonchev–Trinajstić information content (AvgIpc) is 2.71. The zero-order valence-corrected chi connectivity index (χ0v) is 10.8. The van der Waals surface area contributed by atoms with Crippen LogP contribution in [0.25, 0.3) is 5.65 Å². The highest BCUT2D eigenvalue weighted by atomic mass is 16.2. The molecule has 0 aliphatic carbocycles. The third-order valence-electron chi connectivity index (χ3n) is 2.93. The van der Waals surface area contributed by atoms with E-state index in [2.05, 4.69) is 15.3 Å². The van der Waals surface area contributed by atoms with Crippen LogP contribution >= 0.6 is 0 Å². The molecule has 0 aliphatic rings. The summed E-state index contributed by atoms with van der Waals surface area (Å²) in [6.45, 7) is 3.32. The molecule has 2 aromatic heterocycles. The van der Waals surface area contributed by atoms with E-state index in [-0.39, 0.29) is 5.69 Å². The molecular weight excluding hydrogens is 230 g/mol. The smallest absolute Gasteiger partial charge is 0.318 e. The van der Waals surface area contributed by atoms with Crippen LogP contribution < -0.4 is 11.0 Å². The maximum Gasteiger partial charge on any atom is 0.350 e. The molecule has 0 saturated carbocycles. The van der Waals surface area contributed by atoms with Crippen molar-refractivity contribution in [2.24, 2.45) is 0 Å². The number of rotatable bonds is 6. The van der Waals surface area contributed by atoms with Gasteiger partial charge >= 0.3 is 5.69 Å². The van der Waals surface area contributed by atoms with Crippen LogP contribution in [0.5, 0.6) is 0 Å². The van der Waals surface area contributed by atoms with E-state index in [1.165, 1.54) is 4.68 Å². The minimum absolute atomic E-state index is 0.0763. The Kier molecular flexibility index (Phi) is 4.11. The summed E-state index contributed by atoms with van der Waals surface area (Å²) in [7, 11) is 3.97. The van der Waals surface area contributed by atoms with E-state index in [0.29, 0.717) is 12.2 Å². The van der Waals surface area contributed by atoms with Crippen LogP contribution in [0.3, 0.4) is 0 Å². The van der Waals surface area contributed by atoms with Crippen molar-refractivity contribution in [2.45, 2.75) is 6.54 Å². The third-order valence-corrected chi connectivity index (χ3v) is 2.93. The minimum Gasteiger partial charge on any atom is -0.318 e. The van der Waals surface area contributed by atoms with Gasteiger partial charge in [-0.25, -0.2) is 9.48 Å². The van der Waals surface area contributed by atoms with Gasteiger partial charge in [-0.05, 0) is 26.2 Å². The monoisotopic (exact) mass is 249 g/mol. The van der Waals surface area contributed by atoms with Crippen LogP contribution in [0, 0.1) is 0 Å².